The second-order valence-corrected chi connectivity index (χ2v) is 22.0. The van der Waals surface area contributed by atoms with Gasteiger partial charge in [0.1, 0.15) is 19.3 Å². The highest BCUT2D eigenvalue weighted by molar-refractivity contribution is 7.45. The number of unbranched alkanes of at least 4 members (excludes halogenated alkanes) is 24. The van der Waals surface area contributed by atoms with Crippen LogP contribution >= 0.6 is 7.82 Å². The van der Waals surface area contributed by atoms with E-state index < -0.39 is 26.6 Å². The molecule has 1 amide bonds. The van der Waals surface area contributed by atoms with Crippen molar-refractivity contribution in [1.82, 2.24) is 5.32 Å². The van der Waals surface area contributed by atoms with Crippen LogP contribution in [0.25, 0.3) is 0 Å². The first-order valence-corrected chi connectivity index (χ1v) is 30.7. The summed E-state index contributed by atoms with van der Waals surface area (Å²) in [6, 6.07) is -0.921. The molecule has 0 spiro atoms. The van der Waals surface area contributed by atoms with Gasteiger partial charge in [-0.2, -0.15) is 0 Å². The molecular formula is C63H109N2O7P. The van der Waals surface area contributed by atoms with Crippen LogP contribution in [0.4, 0.5) is 0 Å². The molecule has 418 valence electrons. The number of hydrogen-bond donors (Lipinski definition) is 1. The topological polar surface area (TPSA) is 114 Å². The summed E-state index contributed by atoms with van der Waals surface area (Å²) < 4.78 is 30.2. The fraction of sp³-hybridized carbons (Fsp3) is 0.683. The van der Waals surface area contributed by atoms with Crippen molar-refractivity contribution in [3.63, 3.8) is 0 Å². The van der Waals surface area contributed by atoms with Gasteiger partial charge in [-0.15, -0.1) is 0 Å². The summed E-state index contributed by atoms with van der Waals surface area (Å²) in [5, 5.41) is 2.99. The Bertz CT molecular complexity index is 1620. The summed E-state index contributed by atoms with van der Waals surface area (Å²) in [5.41, 5.74) is 0. The molecule has 0 aliphatic carbocycles. The first-order chi connectivity index (χ1) is 35.4. The minimum atomic E-state index is -4.72. The summed E-state index contributed by atoms with van der Waals surface area (Å²) in [6.45, 7) is 6.61. The molecule has 1 N–H and O–H groups in total. The van der Waals surface area contributed by atoms with Crippen molar-refractivity contribution in [2.24, 2.45) is 0 Å². The molecule has 9 nitrogen and oxygen atoms in total. The molecule has 0 rings (SSSR count). The van der Waals surface area contributed by atoms with Crippen molar-refractivity contribution >= 4 is 19.7 Å². The molecule has 73 heavy (non-hydrogen) atoms. The highest BCUT2D eigenvalue weighted by atomic mass is 31.2. The number of hydrogen-bond acceptors (Lipinski definition) is 7. The van der Waals surface area contributed by atoms with Gasteiger partial charge in [0.15, 0.2) is 0 Å². The number of amides is 1. The maximum Gasteiger partial charge on any atom is 0.306 e. The highest BCUT2D eigenvalue weighted by Gasteiger charge is 2.27. The molecule has 0 bridgehead atoms. The van der Waals surface area contributed by atoms with Gasteiger partial charge in [0.25, 0.3) is 7.82 Å². The third kappa shape index (κ3) is 53.3. The third-order valence-corrected chi connectivity index (χ3v) is 13.3. The summed E-state index contributed by atoms with van der Waals surface area (Å²) in [6.07, 6.45) is 70.5. The first kappa shape index (κ1) is 69.7. The van der Waals surface area contributed by atoms with Crippen molar-refractivity contribution in [2.75, 3.05) is 40.9 Å². The van der Waals surface area contributed by atoms with E-state index in [0.29, 0.717) is 23.9 Å². The van der Waals surface area contributed by atoms with Gasteiger partial charge in [-0.05, 0) is 83.1 Å². The lowest BCUT2D eigenvalue weighted by molar-refractivity contribution is -0.870. The number of carbonyl (C=O) groups is 2. The maximum atomic E-state index is 13.5. The van der Waals surface area contributed by atoms with E-state index in [2.05, 4.69) is 62.5 Å². The van der Waals surface area contributed by atoms with E-state index in [1.54, 1.807) is 0 Å². The van der Waals surface area contributed by atoms with Gasteiger partial charge >= 0.3 is 5.97 Å². The van der Waals surface area contributed by atoms with Gasteiger partial charge in [0, 0.05) is 12.8 Å². The normalized spacial score (nSPS) is 14.6. The molecule has 0 saturated carbocycles. The molecule has 3 unspecified atom stereocenters. The number of esters is 1. The van der Waals surface area contributed by atoms with Crippen molar-refractivity contribution in [2.45, 2.75) is 238 Å². The Morgan fingerprint density at radius 1 is 0.507 bits per heavy atom. The van der Waals surface area contributed by atoms with E-state index in [-0.39, 0.29) is 31.3 Å². The lowest BCUT2D eigenvalue weighted by atomic mass is 10.0. The maximum absolute atomic E-state index is 13.5. The number of rotatable bonds is 51. The quantitative estimate of drug-likeness (QED) is 0.0161. The summed E-state index contributed by atoms with van der Waals surface area (Å²) in [4.78, 5) is 39.9. The number of phosphoric acid groups is 1. The van der Waals surface area contributed by atoms with Crippen LogP contribution in [0.1, 0.15) is 226 Å². The molecule has 0 aromatic heterocycles. The van der Waals surface area contributed by atoms with E-state index in [9.17, 15) is 19.0 Å². The number of phosphoric ester groups is 1. The minimum Gasteiger partial charge on any atom is -0.756 e. The van der Waals surface area contributed by atoms with Crippen LogP contribution in [0.3, 0.4) is 0 Å². The average molecular weight is 1040 g/mol. The summed E-state index contributed by atoms with van der Waals surface area (Å²) >= 11 is 0. The number of nitrogens with one attached hydrogen (secondary N) is 1. The fourth-order valence-electron chi connectivity index (χ4n) is 7.82. The lowest BCUT2D eigenvalue weighted by Crippen LogP contribution is -2.47. The fourth-order valence-corrected chi connectivity index (χ4v) is 8.54. The van der Waals surface area contributed by atoms with E-state index in [1.165, 1.54) is 103 Å². The standard InChI is InChI=1S/C63H109N2O7P/c1-7-10-13-16-19-22-25-28-30-32-34-37-40-43-46-49-52-55-62(66)64-60(59-71-73(68,69)70-58-57-65(4,5)6)61(54-51-48-45-42-39-36-27-24-21-18-15-12-9-3)72-63(67)56-53-50-47-44-41-38-35-33-31-29-26-23-20-17-14-11-8-2/h10,13,16,19-20,22-23,25,28-32,34,37,40,51,54,60-61H,7-9,11-12,14-15,17-18,21,24,26-27,33,35-36,38-39,41-50,52-53,55-59H2,1-6H3,(H-,64,66,68,69)/b13-10-,19-16+,23-20-,25-22+,30-28-,31-29-,34-32+,40-37+,54-51+. The van der Waals surface area contributed by atoms with E-state index >= 15 is 0 Å². The van der Waals surface area contributed by atoms with Crippen molar-refractivity contribution in [1.29, 1.82) is 0 Å². The van der Waals surface area contributed by atoms with Gasteiger partial charge in [-0.1, -0.05) is 240 Å². The number of likely N-dealkylation sites (N-methyl/N-ethyl adjacent to an activating group) is 1. The zero-order valence-electron chi connectivity index (χ0n) is 47.5. The van der Waals surface area contributed by atoms with Crippen molar-refractivity contribution in [3.8, 4) is 0 Å². The highest BCUT2D eigenvalue weighted by Crippen LogP contribution is 2.38. The van der Waals surface area contributed by atoms with Gasteiger partial charge in [0.2, 0.25) is 5.91 Å². The smallest absolute Gasteiger partial charge is 0.306 e. The van der Waals surface area contributed by atoms with Crippen LogP contribution in [0.15, 0.2) is 109 Å². The Labute approximate surface area is 449 Å². The van der Waals surface area contributed by atoms with Crippen molar-refractivity contribution < 1.29 is 37.3 Å². The van der Waals surface area contributed by atoms with Gasteiger partial charge < -0.3 is 28.5 Å². The van der Waals surface area contributed by atoms with Gasteiger partial charge in [-0.25, -0.2) is 0 Å². The molecule has 3 atom stereocenters. The molecule has 0 aliphatic heterocycles. The second-order valence-electron chi connectivity index (χ2n) is 20.6. The third-order valence-electron chi connectivity index (χ3n) is 12.3. The van der Waals surface area contributed by atoms with Crippen LogP contribution in [0.5, 0.6) is 0 Å². The van der Waals surface area contributed by atoms with Crippen LogP contribution < -0.4 is 10.2 Å². The zero-order chi connectivity index (χ0) is 53.6. The molecule has 10 heteroatoms. The largest absolute Gasteiger partial charge is 0.756 e. The van der Waals surface area contributed by atoms with E-state index in [4.69, 9.17) is 13.8 Å². The molecule has 0 aliphatic rings. The Balaban J connectivity index is 5.47. The monoisotopic (exact) mass is 1040 g/mol. The van der Waals surface area contributed by atoms with E-state index in [1.807, 2.05) is 94.1 Å². The minimum absolute atomic E-state index is 0.0386. The van der Waals surface area contributed by atoms with Gasteiger partial charge in [0.05, 0.1) is 33.8 Å². The average Bonchev–Trinajstić information content (AvgIpc) is 3.35. The first-order valence-electron chi connectivity index (χ1n) is 29.3. The molecule has 0 saturated heterocycles. The lowest BCUT2D eigenvalue weighted by Gasteiger charge is -2.30. The van der Waals surface area contributed by atoms with Crippen LogP contribution in [0.2, 0.25) is 0 Å². The number of quaternary nitrogens is 1. The summed E-state index contributed by atoms with van der Waals surface area (Å²) in [7, 11) is 1.13. The molecule has 0 aromatic rings. The second kappa shape index (κ2) is 52.1. The summed E-state index contributed by atoms with van der Waals surface area (Å²) in [5.74, 6) is -0.608. The van der Waals surface area contributed by atoms with Crippen LogP contribution in [-0.4, -0.2) is 69.4 Å². The predicted octanol–water partition coefficient (Wildman–Crippen LogP) is 17.1. The molecule has 0 heterocycles. The Kier molecular flexibility index (Phi) is 49.7. The van der Waals surface area contributed by atoms with E-state index in [0.717, 1.165) is 77.0 Å². The predicted molar refractivity (Wildman–Crippen MR) is 311 cm³/mol. The SMILES string of the molecule is CC\C=C/C=C/C=C/C=C\C=C\C=C\CCCCCC(=O)NC(COP(=O)([O-])OCC[N+](C)(C)C)C(/C=C/CCCCCCCCCCCCC)OC(=O)CCCCCCCCC/C=C\C/C=C\CCCCC. The number of carbonyl (C=O) groups excluding carboxylic acids is 2. The van der Waals surface area contributed by atoms with Crippen molar-refractivity contribution in [3.05, 3.63) is 109 Å². The van der Waals surface area contributed by atoms with Gasteiger partial charge in [-0.3, -0.25) is 14.2 Å². The Morgan fingerprint density at radius 3 is 1.47 bits per heavy atom. The Hall–Kier alpha value is -3.33. The molecule has 0 aromatic carbocycles. The molecule has 0 radical (unpaired) electrons. The number of nitrogens with zero attached hydrogens (tertiary/aromatic N) is 1. The molecule has 0 fully saturated rings. The molecular weight excluding hydrogens is 928 g/mol. The van der Waals surface area contributed by atoms with Crippen LogP contribution in [-0.2, 0) is 27.9 Å². The van der Waals surface area contributed by atoms with Crippen LogP contribution in [0, 0.1) is 0 Å². The Morgan fingerprint density at radius 2 is 0.932 bits per heavy atom. The number of allylic oxidation sites excluding steroid dienone is 17. The number of ether oxygens (including phenoxy) is 1. The zero-order valence-corrected chi connectivity index (χ0v) is 48.4.